The van der Waals surface area contributed by atoms with Gasteiger partial charge in [0.2, 0.25) is 0 Å². The van der Waals surface area contributed by atoms with Gasteiger partial charge in [-0.05, 0) is 40.4 Å². The van der Waals surface area contributed by atoms with E-state index in [0.29, 0.717) is 0 Å². The first kappa shape index (κ1) is 16.0. The van der Waals surface area contributed by atoms with Crippen molar-refractivity contribution >= 4 is 5.78 Å². The molecule has 14 heavy (non-hydrogen) atoms. The molecule has 1 unspecified atom stereocenters. The van der Waals surface area contributed by atoms with E-state index in [0.717, 1.165) is 25.8 Å². The minimum Gasteiger partial charge on any atom is -0.320 e. The topological polar surface area (TPSA) is 41.1 Å². The van der Waals surface area contributed by atoms with Crippen molar-refractivity contribution in [3.8, 4) is 0 Å². The fraction of sp³-hybridized carbons (Fsp3) is 0.909. The maximum Gasteiger partial charge on any atom is 0.146 e. The zero-order chi connectivity index (χ0) is 11.4. The van der Waals surface area contributed by atoms with Crippen molar-refractivity contribution in [1.29, 1.82) is 0 Å². The average Bonchev–Trinajstić information content (AvgIpc) is 2.20. The van der Waals surface area contributed by atoms with Gasteiger partial charge in [-0.25, -0.2) is 0 Å². The third kappa shape index (κ3) is 9.68. The summed E-state index contributed by atoms with van der Waals surface area (Å²) in [5, 5.41) is 6.09. The van der Waals surface area contributed by atoms with Crippen molar-refractivity contribution in [3.05, 3.63) is 0 Å². The van der Waals surface area contributed by atoms with E-state index in [1.54, 1.807) is 6.92 Å². The van der Waals surface area contributed by atoms with Crippen LogP contribution in [0.1, 0.15) is 40.0 Å². The predicted molar refractivity (Wildman–Crippen MR) is 62.7 cm³/mol. The molecule has 0 radical (unpaired) electrons. The molecule has 0 aromatic carbocycles. The SMILES string of the molecule is CC.CNCCCCC(NC)C(C)=O. The lowest BCUT2D eigenvalue weighted by atomic mass is 10.1. The van der Waals surface area contributed by atoms with E-state index in [1.165, 1.54) is 0 Å². The van der Waals surface area contributed by atoms with Crippen LogP contribution >= 0.6 is 0 Å². The van der Waals surface area contributed by atoms with Crippen LogP contribution in [0.5, 0.6) is 0 Å². The van der Waals surface area contributed by atoms with E-state index in [4.69, 9.17) is 0 Å². The van der Waals surface area contributed by atoms with Crippen molar-refractivity contribution in [2.24, 2.45) is 0 Å². The van der Waals surface area contributed by atoms with Crippen LogP contribution in [0, 0.1) is 0 Å². The summed E-state index contributed by atoms with van der Waals surface area (Å²) in [4.78, 5) is 11.0. The van der Waals surface area contributed by atoms with Crippen molar-refractivity contribution < 1.29 is 4.79 Å². The number of unbranched alkanes of at least 4 members (excludes halogenated alkanes) is 1. The molecule has 0 bridgehead atoms. The summed E-state index contributed by atoms with van der Waals surface area (Å²) in [6, 6.07) is 0.0573. The number of hydrogen-bond donors (Lipinski definition) is 2. The molecule has 0 aliphatic heterocycles. The standard InChI is InChI=1S/C9H20N2O.C2H6/c1-8(12)9(11-3)6-4-5-7-10-2;1-2/h9-11H,4-7H2,1-3H3;1-2H3. The summed E-state index contributed by atoms with van der Waals surface area (Å²) in [6.45, 7) is 6.67. The van der Waals surface area contributed by atoms with Gasteiger partial charge in [0.05, 0.1) is 6.04 Å². The van der Waals surface area contributed by atoms with Gasteiger partial charge >= 0.3 is 0 Å². The van der Waals surface area contributed by atoms with Crippen LogP contribution in [0.15, 0.2) is 0 Å². The van der Waals surface area contributed by atoms with Crippen LogP contribution in [0.4, 0.5) is 0 Å². The second-order valence-corrected chi connectivity index (χ2v) is 3.05. The van der Waals surface area contributed by atoms with Gasteiger partial charge in [0.25, 0.3) is 0 Å². The Morgan fingerprint density at radius 3 is 2.14 bits per heavy atom. The molecule has 0 aliphatic rings. The maximum absolute atomic E-state index is 11.0. The first-order valence-corrected chi connectivity index (χ1v) is 5.54. The second-order valence-electron chi connectivity index (χ2n) is 3.05. The normalized spacial score (nSPS) is 11.5. The molecule has 0 aromatic rings. The summed E-state index contributed by atoms with van der Waals surface area (Å²) in [6.07, 6.45) is 3.20. The van der Waals surface area contributed by atoms with Crippen molar-refractivity contribution in [3.63, 3.8) is 0 Å². The van der Waals surface area contributed by atoms with E-state index >= 15 is 0 Å². The first-order valence-electron chi connectivity index (χ1n) is 5.54. The Labute approximate surface area is 88.7 Å². The molecule has 86 valence electrons. The smallest absolute Gasteiger partial charge is 0.146 e. The predicted octanol–water partition coefficient (Wildman–Crippen LogP) is 1.58. The summed E-state index contributed by atoms with van der Waals surface area (Å²) in [5.41, 5.74) is 0. The molecule has 0 aromatic heterocycles. The lowest BCUT2D eigenvalue weighted by Crippen LogP contribution is -2.32. The number of carbonyl (C=O) groups is 1. The van der Waals surface area contributed by atoms with Crippen LogP contribution in [-0.4, -0.2) is 32.5 Å². The molecule has 0 fully saturated rings. The van der Waals surface area contributed by atoms with Crippen LogP contribution in [-0.2, 0) is 4.79 Å². The van der Waals surface area contributed by atoms with E-state index in [2.05, 4.69) is 10.6 Å². The summed E-state index contributed by atoms with van der Waals surface area (Å²) in [5.74, 6) is 0.238. The summed E-state index contributed by atoms with van der Waals surface area (Å²) >= 11 is 0. The molecule has 1 atom stereocenters. The van der Waals surface area contributed by atoms with Gasteiger partial charge < -0.3 is 10.6 Å². The minimum atomic E-state index is 0.0573. The Balaban J connectivity index is 0. The van der Waals surface area contributed by atoms with E-state index in [1.807, 2.05) is 27.9 Å². The minimum absolute atomic E-state index is 0.0573. The average molecular weight is 202 g/mol. The lowest BCUT2D eigenvalue weighted by Gasteiger charge is -2.11. The highest BCUT2D eigenvalue weighted by Crippen LogP contribution is 2.00. The van der Waals surface area contributed by atoms with E-state index in [-0.39, 0.29) is 11.8 Å². The van der Waals surface area contributed by atoms with Crippen LogP contribution < -0.4 is 10.6 Å². The number of carbonyl (C=O) groups excluding carboxylic acids is 1. The number of ketones is 1. The van der Waals surface area contributed by atoms with Crippen LogP contribution in [0.3, 0.4) is 0 Å². The Kier molecular flexibility index (Phi) is 14.4. The zero-order valence-electron chi connectivity index (χ0n) is 10.3. The molecule has 2 N–H and O–H groups in total. The molecule has 0 heterocycles. The number of nitrogens with one attached hydrogen (secondary N) is 2. The molecule has 0 spiro atoms. The Hall–Kier alpha value is -0.410. The molecule has 0 rings (SSSR count). The van der Waals surface area contributed by atoms with Gasteiger partial charge in [-0.15, -0.1) is 0 Å². The Morgan fingerprint density at radius 1 is 1.21 bits per heavy atom. The van der Waals surface area contributed by atoms with E-state index in [9.17, 15) is 4.79 Å². The highest BCUT2D eigenvalue weighted by Gasteiger charge is 2.09. The molecule has 3 heteroatoms. The first-order chi connectivity index (χ1) is 6.72. The lowest BCUT2D eigenvalue weighted by molar-refractivity contribution is -0.119. The van der Waals surface area contributed by atoms with Gasteiger partial charge in [-0.1, -0.05) is 20.3 Å². The van der Waals surface area contributed by atoms with Crippen molar-refractivity contribution in [2.75, 3.05) is 20.6 Å². The maximum atomic E-state index is 11.0. The number of likely N-dealkylation sites (N-methyl/N-ethyl adjacent to an activating group) is 1. The number of hydrogen-bond acceptors (Lipinski definition) is 3. The van der Waals surface area contributed by atoms with Gasteiger partial charge in [-0.3, -0.25) is 4.79 Å². The summed E-state index contributed by atoms with van der Waals surface area (Å²) in [7, 11) is 3.78. The van der Waals surface area contributed by atoms with Crippen LogP contribution in [0.2, 0.25) is 0 Å². The second kappa shape index (κ2) is 12.6. The highest BCUT2D eigenvalue weighted by atomic mass is 16.1. The Morgan fingerprint density at radius 2 is 1.79 bits per heavy atom. The molecule has 0 saturated heterocycles. The monoisotopic (exact) mass is 202 g/mol. The van der Waals surface area contributed by atoms with Gasteiger partial charge in [-0.2, -0.15) is 0 Å². The van der Waals surface area contributed by atoms with Gasteiger partial charge in [0.1, 0.15) is 5.78 Å². The summed E-state index contributed by atoms with van der Waals surface area (Å²) < 4.78 is 0. The number of Topliss-reactive ketones (excluding diaryl/α,β-unsaturated/α-hetero) is 1. The molecule has 0 amide bonds. The van der Waals surface area contributed by atoms with Crippen molar-refractivity contribution in [2.45, 2.75) is 46.1 Å². The fourth-order valence-electron chi connectivity index (χ4n) is 1.20. The molecular formula is C11H26N2O. The van der Waals surface area contributed by atoms with E-state index < -0.39 is 0 Å². The molecular weight excluding hydrogens is 176 g/mol. The number of rotatable bonds is 7. The molecule has 0 aliphatic carbocycles. The van der Waals surface area contributed by atoms with Crippen molar-refractivity contribution in [1.82, 2.24) is 10.6 Å². The van der Waals surface area contributed by atoms with Crippen LogP contribution in [0.25, 0.3) is 0 Å². The molecule has 3 nitrogen and oxygen atoms in total. The van der Waals surface area contributed by atoms with Gasteiger partial charge in [0.15, 0.2) is 0 Å². The Bertz CT molecular complexity index is 126. The quantitative estimate of drug-likeness (QED) is 0.616. The zero-order valence-corrected chi connectivity index (χ0v) is 10.3. The fourth-order valence-corrected chi connectivity index (χ4v) is 1.20. The highest BCUT2D eigenvalue weighted by molar-refractivity contribution is 5.81. The molecule has 0 saturated carbocycles. The van der Waals surface area contributed by atoms with Gasteiger partial charge in [0, 0.05) is 0 Å². The third-order valence-corrected chi connectivity index (χ3v) is 2.01. The largest absolute Gasteiger partial charge is 0.320 e. The third-order valence-electron chi connectivity index (χ3n) is 2.01.